The zero-order valence-electron chi connectivity index (χ0n) is 21.8. The molecule has 0 bridgehead atoms. The largest absolute Gasteiger partial charge is 0.398 e. The van der Waals surface area contributed by atoms with E-state index in [1.807, 2.05) is 29.3 Å². The molecule has 0 aliphatic carbocycles. The van der Waals surface area contributed by atoms with Crippen molar-refractivity contribution < 1.29 is 4.79 Å². The van der Waals surface area contributed by atoms with Crippen molar-refractivity contribution in [2.24, 2.45) is 11.0 Å². The van der Waals surface area contributed by atoms with Crippen molar-refractivity contribution >= 4 is 23.4 Å². The standard InChI is InChI=1S/C30H41N5O/c1-3-34(22-24-9-5-4-6-10-24)27-15-18-35(19-16-27)30(36)26-12-13-29(31)28(20-26)25-11-7-8-23(2)21-33-32-17-14-25/h4-6,9-10,12-14,20-21,23,27,32H,3,7-8,11,15-19,22,31H2,1-2H3/b25-14+,33-21-. The van der Waals surface area contributed by atoms with E-state index in [0.29, 0.717) is 18.5 Å². The third-order valence-electron chi connectivity index (χ3n) is 7.51. The van der Waals surface area contributed by atoms with Gasteiger partial charge in [0, 0.05) is 48.7 Å². The molecule has 1 saturated heterocycles. The summed E-state index contributed by atoms with van der Waals surface area (Å²) in [6, 6.07) is 16.9. The smallest absolute Gasteiger partial charge is 0.253 e. The molecule has 1 amide bonds. The maximum atomic E-state index is 13.5. The van der Waals surface area contributed by atoms with E-state index in [9.17, 15) is 4.79 Å². The fourth-order valence-electron chi connectivity index (χ4n) is 5.34. The maximum Gasteiger partial charge on any atom is 0.253 e. The number of allylic oxidation sites excluding steroid dienone is 1. The van der Waals surface area contributed by atoms with E-state index in [2.05, 4.69) is 65.7 Å². The highest BCUT2D eigenvalue weighted by Crippen LogP contribution is 2.29. The number of nitrogens with two attached hydrogens (primary N) is 1. The molecular weight excluding hydrogens is 446 g/mol. The summed E-state index contributed by atoms with van der Waals surface area (Å²) in [6.45, 7) is 8.63. The second kappa shape index (κ2) is 12.7. The van der Waals surface area contributed by atoms with Crippen LogP contribution in [0.25, 0.3) is 5.57 Å². The van der Waals surface area contributed by atoms with E-state index < -0.39 is 0 Å². The Bertz CT molecular complexity index is 1060. The Hall–Kier alpha value is -3.12. The predicted octanol–water partition coefficient (Wildman–Crippen LogP) is 5.17. The minimum Gasteiger partial charge on any atom is -0.398 e. The average Bonchev–Trinajstić information content (AvgIpc) is 2.91. The molecule has 3 N–H and O–H groups in total. The number of amides is 1. The second-order valence-corrected chi connectivity index (χ2v) is 10.1. The number of nitrogens with zero attached hydrogens (tertiary/aromatic N) is 3. The molecular formula is C30H41N5O. The fourth-order valence-corrected chi connectivity index (χ4v) is 5.34. The molecule has 0 aromatic heterocycles. The predicted molar refractivity (Wildman–Crippen MR) is 150 cm³/mol. The van der Waals surface area contributed by atoms with Gasteiger partial charge in [0.25, 0.3) is 5.91 Å². The highest BCUT2D eigenvalue weighted by atomic mass is 16.2. The normalized spacial score (nSPS) is 21.9. The molecule has 1 fully saturated rings. The molecule has 6 nitrogen and oxygen atoms in total. The number of piperidine rings is 1. The Balaban J connectivity index is 1.41. The zero-order valence-corrected chi connectivity index (χ0v) is 21.8. The average molecular weight is 488 g/mol. The van der Waals surface area contributed by atoms with Crippen LogP contribution >= 0.6 is 0 Å². The Kier molecular flexibility index (Phi) is 9.17. The van der Waals surface area contributed by atoms with Crippen molar-refractivity contribution in [3.63, 3.8) is 0 Å². The number of likely N-dealkylation sites (tertiary alicyclic amines) is 1. The Morgan fingerprint density at radius 1 is 1.14 bits per heavy atom. The summed E-state index contributed by atoms with van der Waals surface area (Å²) in [7, 11) is 0. The maximum absolute atomic E-state index is 13.5. The number of benzene rings is 2. The summed E-state index contributed by atoms with van der Waals surface area (Å²) in [4.78, 5) is 18.0. The first-order valence-electron chi connectivity index (χ1n) is 13.5. The van der Waals surface area contributed by atoms with E-state index in [-0.39, 0.29) is 5.91 Å². The van der Waals surface area contributed by atoms with Crippen LogP contribution in [-0.4, -0.2) is 54.1 Å². The third kappa shape index (κ3) is 6.76. The zero-order chi connectivity index (χ0) is 25.3. The van der Waals surface area contributed by atoms with E-state index >= 15 is 0 Å². The first kappa shape index (κ1) is 26.0. The molecule has 2 aliphatic rings. The van der Waals surface area contributed by atoms with Crippen LogP contribution in [0.2, 0.25) is 0 Å². The van der Waals surface area contributed by atoms with Gasteiger partial charge >= 0.3 is 0 Å². The number of hydrogen-bond acceptors (Lipinski definition) is 5. The number of carbonyl (C=O) groups excluding carboxylic acids is 1. The third-order valence-corrected chi connectivity index (χ3v) is 7.51. The van der Waals surface area contributed by atoms with Gasteiger partial charge in [-0.3, -0.25) is 9.69 Å². The molecule has 36 heavy (non-hydrogen) atoms. The van der Waals surface area contributed by atoms with Crippen LogP contribution in [0.3, 0.4) is 0 Å². The Labute approximate surface area is 216 Å². The van der Waals surface area contributed by atoms with Crippen LogP contribution in [0, 0.1) is 5.92 Å². The van der Waals surface area contributed by atoms with Crippen LogP contribution in [0.4, 0.5) is 5.69 Å². The van der Waals surface area contributed by atoms with Crippen LogP contribution in [-0.2, 0) is 6.54 Å². The van der Waals surface area contributed by atoms with Crippen LogP contribution < -0.4 is 11.2 Å². The SMILES string of the molecule is CCN(Cc1ccccc1)C1CCN(C(=O)c2ccc(N)c(/C3=C/CN/N=C\C(C)CCC3)c2)CC1. The number of nitrogen functional groups attached to an aromatic ring is 1. The number of hydrogen-bond donors (Lipinski definition) is 2. The van der Waals surface area contributed by atoms with E-state index in [0.717, 1.165) is 75.1 Å². The number of hydrazone groups is 1. The van der Waals surface area contributed by atoms with Gasteiger partial charge in [0.2, 0.25) is 0 Å². The van der Waals surface area contributed by atoms with Gasteiger partial charge in [0.05, 0.1) is 6.54 Å². The molecule has 4 rings (SSSR count). The number of rotatable bonds is 6. The lowest BCUT2D eigenvalue weighted by molar-refractivity contribution is 0.0615. The molecule has 6 heteroatoms. The van der Waals surface area contributed by atoms with Gasteiger partial charge in [0.15, 0.2) is 0 Å². The van der Waals surface area contributed by atoms with Crippen LogP contribution in [0.1, 0.15) is 67.4 Å². The summed E-state index contributed by atoms with van der Waals surface area (Å²) < 4.78 is 0. The molecule has 1 unspecified atom stereocenters. The topological polar surface area (TPSA) is 74.0 Å². The van der Waals surface area contributed by atoms with Crippen molar-refractivity contribution in [3.8, 4) is 0 Å². The number of anilines is 1. The quantitative estimate of drug-likeness (QED) is 0.551. The van der Waals surface area contributed by atoms with Gasteiger partial charge in [0.1, 0.15) is 0 Å². The minimum atomic E-state index is 0.109. The summed E-state index contributed by atoms with van der Waals surface area (Å²) in [6.07, 6.45) is 9.24. The van der Waals surface area contributed by atoms with Gasteiger partial charge in [-0.1, -0.05) is 50.3 Å². The number of nitrogens with one attached hydrogen (secondary N) is 1. The lowest BCUT2D eigenvalue weighted by atomic mass is 9.94. The molecule has 2 heterocycles. The lowest BCUT2D eigenvalue weighted by Crippen LogP contribution is -2.46. The molecule has 0 spiro atoms. The summed E-state index contributed by atoms with van der Waals surface area (Å²) in [5.41, 5.74) is 14.5. The molecule has 0 radical (unpaired) electrons. The monoisotopic (exact) mass is 487 g/mol. The van der Waals surface area contributed by atoms with E-state index in [1.54, 1.807) is 0 Å². The van der Waals surface area contributed by atoms with Crippen molar-refractivity contribution in [1.82, 2.24) is 15.2 Å². The van der Waals surface area contributed by atoms with Gasteiger partial charge < -0.3 is 16.1 Å². The summed E-state index contributed by atoms with van der Waals surface area (Å²) in [5.74, 6) is 0.555. The summed E-state index contributed by atoms with van der Waals surface area (Å²) in [5, 5.41) is 4.30. The summed E-state index contributed by atoms with van der Waals surface area (Å²) >= 11 is 0. The van der Waals surface area contributed by atoms with Crippen molar-refractivity contribution in [2.45, 2.75) is 58.5 Å². The van der Waals surface area contributed by atoms with Crippen molar-refractivity contribution in [2.75, 3.05) is 31.9 Å². The lowest BCUT2D eigenvalue weighted by Gasteiger charge is -2.38. The van der Waals surface area contributed by atoms with Gasteiger partial charge in [-0.05, 0) is 73.9 Å². The highest BCUT2D eigenvalue weighted by molar-refractivity contribution is 5.96. The highest BCUT2D eigenvalue weighted by Gasteiger charge is 2.27. The van der Waals surface area contributed by atoms with E-state index in [4.69, 9.17) is 5.73 Å². The molecule has 192 valence electrons. The van der Waals surface area contributed by atoms with Crippen molar-refractivity contribution in [1.29, 1.82) is 0 Å². The first-order chi connectivity index (χ1) is 17.5. The Morgan fingerprint density at radius 2 is 1.92 bits per heavy atom. The molecule has 1 atom stereocenters. The number of carbonyl (C=O) groups is 1. The van der Waals surface area contributed by atoms with Crippen molar-refractivity contribution in [3.05, 3.63) is 71.3 Å². The van der Waals surface area contributed by atoms with Gasteiger partial charge in [-0.15, -0.1) is 0 Å². The van der Waals surface area contributed by atoms with Crippen LogP contribution in [0.15, 0.2) is 59.7 Å². The fraction of sp³-hybridized carbons (Fsp3) is 0.467. The van der Waals surface area contributed by atoms with E-state index in [1.165, 1.54) is 11.1 Å². The van der Waals surface area contributed by atoms with Gasteiger partial charge in [-0.2, -0.15) is 5.10 Å². The molecule has 2 aromatic rings. The second-order valence-electron chi connectivity index (χ2n) is 10.1. The minimum absolute atomic E-state index is 0.109. The Morgan fingerprint density at radius 3 is 2.67 bits per heavy atom. The molecule has 2 aliphatic heterocycles. The molecule has 0 saturated carbocycles. The molecule has 2 aromatic carbocycles. The van der Waals surface area contributed by atoms with Crippen LogP contribution in [0.5, 0.6) is 0 Å². The first-order valence-corrected chi connectivity index (χ1v) is 13.5. The van der Waals surface area contributed by atoms with Gasteiger partial charge in [-0.25, -0.2) is 0 Å².